The highest BCUT2D eigenvalue weighted by Gasteiger charge is 2.51. The summed E-state index contributed by atoms with van der Waals surface area (Å²) in [7, 11) is -2.24. The molecule has 3 amide bonds. The van der Waals surface area contributed by atoms with Gasteiger partial charge in [-0.05, 0) is 37.8 Å². The molecule has 53 heavy (non-hydrogen) atoms. The molecule has 4 rings (SSSR count). The summed E-state index contributed by atoms with van der Waals surface area (Å²) in [6.07, 6.45) is 5.08. The molecule has 3 fully saturated rings. The number of benzene rings is 1. The first-order valence-electron chi connectivity index (χ1n) is 18.5. The van der Waals surface area contributed by atoms with Crippen molar-refractivity contribution in [1.29, 1.82) is 0 Å². The highest BCUT2D eigenvalue weighted by Crippen LogP contribution is 2.29. The molecule has 14 nitrogen and oxygen atoms in total. The predicted octanol–water partition coefficient (Wildman–Crippen LogP) is 0.848. The lowest BCUT2D eigenvalue weighted by Gasteiger charge is -2.33. The van der Waals surface area contributed by atoms with Crippen molar-refractivity contribution in [2.45, 2.75) is 75.4 Å². The Bertz CT molecular complexity index is 1480. The molecule has 17 heteroatoms. The average Bonchev–Trinajstić information content (AvgIpc) is 3.15. The van der Waals surface area contributed by atoms with Gasteiger partial charge in [0, 0.05) is 52.4 Å². The number of nitrogens with zero attached hydrogens (tertiary/aromatic N) is 3. The summed E-state index contributed by atoms with van der Waals surface area (Å²) < 4.78 is 66.9. The maximum Gasteiger partial charge on any atom is 0.383 e. The zero-order valence-corrected chi connectivity index (χ0v) is 31.4. The molecule has 2 heterocycles. The van der Waals surface area contributed by atoms with Gasteiger partial charge in [-0.3, -0.25) is 24.1 Å². The van der Waals surface area contributed by atoms with E-state index in [9.17, 15) is 27.6 Å². The van der Waals surface area contributed by atoms with Crippen LogP contribution in [0.4, 0.5) is 8.78 Å². The van der Waals surface area contributed by atoms with Gasteiger partial charge in [0.25, 0.3) is 16.1 Å². The lowest BCUT2D eigenvalue weighted by molar-refractivity contribution is -0.160. The van der Waals surface area contributed by atoms with Crippen molar-refractivity contribution in [3.8, 4) is 0 Å². The Morgan fingerprint density at radius 1 is 0.925 bits per heavy atom. The normalized spacial score (nSPS) is 20.1. The fourth-order valence-corrected chi connectivity index (χ4v) is 8.19. The quantitative estimate of drug-likeness (QED) is 0.118. The van der Waals surface area contributed by atoms with Gasteiger partial charge in [-0.25, -0.2) is 0 Å². The number of hydrogen-bond donors (Lipinski definition) is 4. The summed E-state index contributed by atoms with van der Waals surface area (Å²) in [5.74, 6) is -9.80. The van der Waals surface area contributed by atoms with Gasteiger partial charge in [-0.2, -0.15) is 26.2 Å². The van der Waals surface area contributed by atoms with Crippen LogP contribution in [0.2, 0.25) is 0 Å². The number of ketones is 1. The first-order chi connectivity index (χ1) is 25.3. The van der Waals surface area contributed by atoms with Gasteiger partial charge in [0.15, 0.2) is 0 Å². The molecule has 0 bridgehead atoms. The van der Waals surface area contributed by atoms with Crippen LogP contribution in [0.25, 0.3) is 0 Å². The van der Waals surface area contributed by atoms with Crippen molar-refractivity contribution in [2.24, 2.45) is 5.92 Å². The number of rotatable bonds is 19. The summed E-state index contributed by atoms with van der Waals surface area (Å²) >= 11 is 0. The second kappa shape index (κ2) is 20.4. The van der Waals surface area contributed by atoms with Gasteiger partial charge < -0.3 is 25.6 Å². The Morgan fingerprint density at radius 2 is 1.55 bits per heavy atom. The van der Waals surface area contributed by atoms with Gasteiger partial charge >= 0.3 is 5.92 Å². The van der Waals surface area contributed by atoms with E-state index in [0.717, 1.165) is 19.3 Å². The zero-order valence-electron chi connectivity index (χ0n) is 30.6. The lowest BCUT2D eigenvalue weighted by Crippen LogP contribution is -2.60. The minimum Gasteiger partial charge on any atom is -0.379 e. The third-order valence-electron chi connectivity index (χ3n) is 10.1. The van der Waals surface area contributed by atoms with Crippen molar-refractivity contribution in [2.75, 3.05) is 72.6 Å². The smallest absolute Gasteiger partial charge is 0.379 e. The third-order valence-corrected chi connectivity index (χ3v) is 11.7. The lowest BCUT2D eigenvalue weighted by atomic mass is 9.83. The highest BCUT2D eigenvalue weighted by atomic mass is 32.2. The van der Waals surface area contributed by atoms with E-state index in [4.69, 9.17) is 4.74 Å². The number of alkyl halides is 2. The second-order valence-corrected chi connectivity index (χ2v) is 15.8. The summed E-state index contributed by atoms with van der Waals surface area (Å²) in [6, 6.07) is 4.30. The van der Waals surface area contributed by atoms with E-state index in [1.54, 1.807) is 30.3 Å². The fourth-order valence-electron chi connectivity index (χ4n) is 6.84. The molecule has 1 aromatic rings. The number of hydrogen-bond acceptors (Lipinski definition) is 9. The Hall–Kier alpha value is -3.35. The summed E-state index contributed by atoms with van der Waals surface area (Å²) in [6.45, 7) is 7.51. The number of Topliss-reactive ketones (excluding diaryl/α,β-unsaturated/α-hetero) is 1. The number of nitrogens with one attached hydrogen (secondary N) is 4. The van der Waals surface area contributed by atoms with Crippen LogP contribution in [0, 0.1) is 5.92 Å². The maximum atomic E-state index is 15.5. The molecule has 0 radical (unpaired) electrons. The number of likely N-dealkylation sites (N-methyl/N-ethyl adjacent to an activating group) is 1. The minimum absolute atomic E-state index is 0.0439. The van der Waals surface area contributed by atoms with Crippen LogP contribution in [-0.4, -0.2) is 143 Å². The van der Waals surface area contributed by atoms with Crippen LogP contribution in [-0.2, 0) is 40.5 Å². The summed E-state index contributed by atoms with van der Waals surface area (Å²) in [4.78, 5) is 57.7. The monoisotopic (exact) mass is 767 g/mol. The number of piperazine rings is 1. The summed E-state index contributed by atoms with van der Waals surface area (Å²) in [5, 5.41) is 7.17. The fraction of sp³-hybridized carbons (Fsp3) is 0.667. The van der Waals surface area contributed by atoms with Crippen LogP contribution in [0.15, 0.2) is 43.0 Å². The van der Waals surface area contributed by atoms with Crippen LogP contribution in [0.5, 0.6) is 0 Å². The predicted molar refractivity (Wildman–Crippen MR) is 195 cm³/mol. The molecule has 0 aromatic heterocycles. The van der Waals surface area contributed by atoms with Gasteiger partial charge in [0.1, 0.15) is 12.1 Å². The van der Waals surface area contributed by atoms with Gasteiger partial charge in [0.05, 0.1) is 19.3 Å². The SMILES string of the molecule is C=CC[C@H](NC(=O)[C@H](Cc1ccccc1)NS(=O)(=O)N1CCN(C)CC1)C(=O)N[C@H](CC1CCCCC1)C(=O)C(F)(F)C(=O)NCCN1CCOCC1. The van der Waals surface area contributed by atoms with Crippen molar-refractivity contribution >= 4 is 33.7 Å². The molecule has 4 N–H and O–H groups in total. The average molecular weight is 768 g/mol. The Labute approximate surface area is 311 Å². The third kappa shape index (κ3) is 12.9. The molecule has 1 aromatic carbocycles. The van der Waals surface area contributed by atoms with Gasteiger partial charge in [-0.1, -0.05) is 68.5 Å². The first-order valence-corrected chi connectivity index (χ1v) is 20.0. The number of carbonyl (C=O) groups excluding carboxylic acids is 4. The molecule has 3 aliphatic rings. The van der Waals surface area contributed by atoms with E-state index in [0.29, 0.717) is 64.3 Å². The Balaban J connectivity index is 1.48. The molecule has 2 aliphatic heterocycles. The van der Waals surface area contributed by atoms with E-state index < -0.39 is 57.8 Å². The number of ether oxygens (including phenoxy) is 1. The number of amides is 3. The van der Waals surface area contributed by atoms with Crippen LogP contribution < -0.4 is 20.7 Å². The second-order valence-electron chi connectivity index (χ2n) is 14.1. The molecule has 0 unspecified atom stereocenters. The maximum absolute atomic E-state index is 15.5. The molecule has 3 atom stereocenters. The molecule has 1 aliphatic carbocycles. The van der Waals surface area contributed by atoms with Crippen LogP contribution in [0.3, 0.4) is 0 Å². The molecule has 296 valence electrons. The number of carbonyl (C=O) groups is 4. The summed E-state index contributed by atoms with van der Waals surface area (Å²) in [5.41, 5.74) is 0.655. The first kappa shape index (κ1) is 42.4. The minimum atomic E-state index is -4.43. The van der Waals surface area contributed by atoms with E-state index >= 15 is 8.78 Å². The Morgan fingerprint density at radius 3 is 2.19 bits per heavy atom. The Kier molecular flexibility index (Phi) is 16.3. The zero-order chi connectivity index (χ0) is 38.4. The van der Waals surface area contributed by atoms with Crippen LogP contribution in [0.1, 0.15) is 50.5 Å². The van der Waals surface area contributed by atoms with Crippen molar-refractivity contribution in [1.82, 2.24) is 34.8 Å². The van der Waals surface area contributed by atoms with Crippen molar-refractivity contribution in [3.63, 3.8) is 0 Å². The number of halogens is 2. The van der Waals surface area contributed by atoms with Gasteiger partial charge in [-0.15, -0.1) is 6.58 Å². The van der Waals surface area contributed by atoms with E-state index in [-0.39, 0.29) is 44.8 Å². The topological polar surface area (TPSA) is 169 Å². The molecule has 2 saturated heterocycles. The van der Waals surface area contributed by atoms with Crippen molar-refractivity contribution < 1.29 is 41.1 Å². The van der Waals surface area contributed by atoms with Crippen LogP contribution >= 0.6 is 0 Å². The molecular weight excluding hydrogens is 713 g/mol. The highest BCUT2D eigenvalue weighted by molar-refractivity contribution is 7.87. The van der Waals surface area contributed by atoms with E-state index in [2.05, 4.69) is 27.3 Å². The van der Waals surface area contributed by atoms with E-state index in [1.807, 2.05) is 16.8 Å². The number of morpholine rings is 1. The van der Waals surface area contributed by atoms with E-state index in [1.165, 1.54) is 10.4 Å². The standard InChI is InChI=1S/C36H55F2N7O7S/c1-3-10-29(40-34(48)31(26-28-13-8-5-9-14-28)42-53(50,51)45-19-17-43(2)18-20-45)33(47)41-30(25-27-11-6-4-7-12-27)32(46)36(37,38)35(49)39-15-16-44-21-23-52-24-22-44/h3,5,8-9,13-14,27,29-31,42H,1,4,6-7,10-12,15-26H2,2H3,(H,39,49)(H,40,48)(H,41,47)/t29-,30+,31-/m0/s1. The van der Waals surface area contributed by atoms with Crippen molar-refractivity contribution in [3.05, 3.63) is 48.6 Å². The van der Waals surface area contributed by atoms with Gasteiger partial charge in [0.2, 0.25) is 17.6 Å². The molecular formula is C36H55F2N7O7S. The molecule has 0 spiro atoms. The molecule has 1 saturated carbocycles. The largest absolute Gasteiger partial charge is 0.383 e.